The van der Waals surface area contributed by atoms with E-state index in [0.29, 0.717) is 23.5 Å². The number of anilines is 1. The lowest BCUT2D eigenvalue weighted by atomic mass is 10.1. The molecule has 10 heteroatoms. The average molecular weight is 497 g/mol. The van der Waals surface area contributed by atoms with Crippen LogP contribution in [-0.2, 0) is 0 Å². The maximum Gasteiger partial charge on any atom is 0.181 e. The Kier molecular flexibility index (Phi) is 5.88. The summed E-state index contributed by atoms with van der Waals surface area (Å²) < 4.78 is 0. The maximum absolute atomic E-state index is 10.2. The third kappa shape index (κ3) is 4.21. The molecule has 6 aromatic rings. The molecule has 0 fully saturated rings. The van der Waals surface area contributed by atoms with Gasteiger partial charge in [0.2, 0.25) is 0 Å². The van der Waals surface area contributed by atoms with Crippen LogP contribution in [0, 0.1) is 0 Å². The monoisotopic (exact) mass is 496 g/mol. The van der Waals surface area contributed by atoms with Crippen molar-refractivity contribution in [1.82, 2.24) is 35.1 Å². The van der Waals surface area contributed by atoms with Crippen LogP contribution in [0.5, 0.6) is 0 Å². The zero-order valence-electron chi connectivity index (χ0n) is 19.6. The Morgan fingerprint density at radius 3 is 2.83 bits per heavy atom. The molecule has 1 unspecified atom stereocenters. The van der Waals surface area contributed by atoms with Gasteiger partial charge in [-0.2, -0.15) is 16.4 Å². The van der Waals surface area contributed by atoms with E-state index in [2.05, 4.69) is 59.2 Å². The second kappa shape index (κ2) is 9.48. The zero-order chi connectivity index (χ0) is 24.5. The molecule has 0 spiro atoms. The Morgan fingerprint density at radius 2 is 1.97 bits per heavy atom. The van der Waals surface area contributed by atoms with E-state index in [9.17, 15) is 5.11 Å². The van der Waals surface area contributed by atoms with Crippen molar-refractivity contribution >= 4 is 39.2 Å². The molecule has 4 N–H and O–H groups in total. The quantitative estimate of drug-likeness (QED) is 0.202. The Morgan fingerprint density at radius 1 is 1.06 bits per heavy atom. The number of aliphatic hydroxyl groups is 1. The van der Waals surface area contributed by atoms with Gasteiger partial charge in [0.15, 0.2) is 17.1 Å². The summed E-state index contributed by atoms with van der Waals surface area (Å²) in [5.74, 6) is 0.647. The van der Waals surface area contributed by atoms with Gasteiger partial charge in [-0.3, -0.25) is 10.1 Å². The molecule has 6 aromatic heterocycles. The summed E-state index contributed by atoms with van der Waals surface area (Å²) in [7, 11) is 0. The van der Waals surface area contributed by atoms with E-state index in [1.165, 1.54) is 0 Å². The lowest BCUT2D eigenvalue weighted by molar-refractivity contribution is 0.190. The molecule has 0 radical (unpaired) electrons. The van der Waals surface area contributed by atoms with Crippen molar-refractivity contribution < 1.29 is 5.11 Å². The minimum absolute atomic E-state index is 0.595. The number of pyridine rings is 3. The highest BCUT2D eigenvalue weighted by molar-refractivity contribution is 7.08. The maximum atomic E-state index is 10.2. The van der Waals surface area contributed by atoms with Crippen LogP contribution in [0.15, 0.2) is 59.8 Å². The van der Waals surface area contributed by atoms with Crippen molar-refractivity contribution in [2.75, 3.05) is 5.32 Å². The summed E-state index contributed by atoms with van der Waals surface area (Å²) in [5.41, 5.74) is 7.57. The molecule has 1 atom stereocenters. The van der Waals surface area contributed by atoms with Gasteiger partial charge in [-0.05, 0) is 53.4 Å². The number of nitrogens with zero attached hydrogens (tertiary/aromatic N) is 5. The number of aliphatic hydroxyl groups excluding tert-OH is 1. The molecule has 6 heterocycles. The number of H-pyrrole nitrogens is 2. The van der Waals surface area contributed by atoms with Gasteiger partial charge < -0.3 is 15.4 Å². The van der Waals surface area contributed by atoms with Crippen LogP contribution in [0.3, 0.4) is 0 Å². The van der Waals surface area contributed by atoms with Crippen LogP contribution in [0.4, 0.5) is 5.69 Å². The van der Waals surface area contributed by atoms with Crippen LogP contribution in [0.25, 0.3) is 56.0 Å². The van der Waals surface area contributed by atoms with Crippen LogP contribution >= 0.6 is 11.3 Å². The third-order valence-corrected chi connectivity index (χ3v) is 6.79. The molecule has 36 heavy (non-hydrogen) atoms. The fraction of sp³-hybridized carbons (Fsp3) is 0.192. The zero-order valence-corrected chi connectivity index (χ0v) is 20.4. The lowest BCUT2D eigenvalue weighted by Gasteiger charge is -2.14. The highest BCUT2D eigenvalue weighted by Crippen LogP contribution is 2.32. The number of thiophene rings is 1. The number of rotatable bonds is 8. The summed E-state index contributed by atoms with van der Waals surface area (Å²) in [4.78, 5) is 21.5. The third-order valence-electron chi connectivity index (χ3n) is 6.11. The largest absolute Gasteiger partial charge is 0.374 e. The molecule has 0 aliphatic rings. The van der Waals surface area contributed by atoms with Crippen molar-refractivity contribution in [1.29, 1.82) is 0 Å². The summed E-state index contributed by atoms with van der Waals surface area (Å²) in [6, 6.07) is 8.06. The van der Waals surface area contributed by atoms with E-state index >= 15 is 0 Å². The molecule has 0 aliphatic heterocycles. The van der Waals surface area contributed by atoms with E-state index in [-0.39, 0.29) is 0 Å². The van der Waals surface area contributed by atoms with Gasteiger partial charge in [-0.1, -0.05) is 13.3 Å². The van der Waals surface area contributed by atoms with E-state index in [1.807, 2.05) is 18.2 Å². The van der Waals surface area contributed by atoms with Crippen molar-refractivity contribution in [3.05, 3.63) is 59.8 Å². The number of unbranched alkanes of at least 4 members (excludes halogenated alkanes) is 1. The molecular weight excluding hydrogens is 472 g/mol. The van der Waals surface area contributed by atoms with Gasteiger partial charge in [-0.15, -0.1) is 0 Å². The van der Waals surface area contributed by atoms with E-state index in [4.69, 9.17) is 4.98 Å². The van der Waals surface area contributed by atoms with Gasteiger partial charge in [0, 0.05) is 35.3 Å². The van der Waals surface area contributed by atoms with Crippen molar-refractivity contribution in [2.45, 2.75) is 32.4 Å². The SMILES string of the molecule is CCCCC(O)Nc1cncc(-c2cnc3n[nH]c(-c4nc5nccc(-c6ccsc6)c5[nH]4)c3c2)c1. The molecule has 0 aliphatic carbocycles. The highest BCUT2D eigenvalue weighted by atomic mass is 32.1. The molecule has 0 aromatic carbocycles. The molecule has 0 saturated carbocycles. The number of aromatic amines is 2. The van der Waals surface area contributed by atoms with Gasteiger partial charge in [-0.25, -0.2) is 15.0 Å². The molecule has 6 rings (SSSR count). The summed E-state index contributed by atoms with van der Waals surface area (Å²) in [6.07, 6.45) is 9.11. The average Bonchev–Trinajstić information content (AvgIpc) is 3.66. The fourth-order valence-electron chi connectivity index (χ4n) is 4.26. The number of hydrogen-bond donors (Lipinski definition) is 4. The van der Waals surface area contributed by atoms with Gasteiger partial charge in [0.25, 0.3) is 0 Å². The van der Waals surface area contributed by atoms with Crippen LogP contribution in [-0.4, -0.2) is 46.5 Å². The number of fused-ring (bicyclic) bond motifs is 2. The Balaban J connectivity index is 1.36. The minimum Gasteiger partial charge on any atom is -0.374 e. The predicted molar refractivity (Wildman–Crippen MR) is 142 cm³/mol. The van der Waals surface area contributed by atoms with E-state index < -0.39 is 6.23 Å². The molecular formula is C26H24N8OS. The first-order valence-corrected chi connectivity index (χ1v) is 12.8. The van der Waals surface area contributed by atoms with Crippen LogP contribution in [0.1, 0.15) is 26.2 Å². The fourth-order valence-corrected chi connectivity index (χ4v) is 4.92. The van der Waals surface area contributed by atoms with Crippen molar-refractivity contribution in [3.63, 3.8) is 0 Å². The number of hydrogen-bond acceptors (Lipinski definition) is 8. The number of imidazole rings is 1. The Hall–Kier alpha value is -4.15. The Labute approximate surface area is 210 Å². The second-order valence-corrected chi connectivity index (χ2v) is 9.39. The minimum atomic E-state index is -0.608. The summed E-state index contributed by atoms with van der Waals surface area (Å²) in [6.45, 7) is 2.10. The molecule has 0 saturated heterocycles. The lowest BCUT2D eigenvalue weighted by Crippen LogP contribution is -2.18. The smallest absolute Gasteiger partial charge is 0.181 e. The summed E-state index contributed by atoms with van der Waals surface area (Å²) >= 11 is 1.65. The first-order chi connectivity index (χ1) is 17.7. The first kappa shape index (κ1) is 22.3. The Bertz CT molecular complexity index is 1640. The second-order valence-electron chi connectivity index (χ2n) is 8.61. The van der Waals surface area contributed by atoms with Crippen molar-refractivity contribution in [2.24, 2.45) is 0 Å². The van der Waals surface area contributed by atoms with Crippen LogP contribution < -0.4 is 5.32 Å². The molecule has 0 amide bonds. The molecule has 180 valence electrons. The van der Waals surface area contributed by atoms with Crippen LogP contribution in [0.2, 0.25) is 0 Å². The van der Waals surface area contributed by atoms with Gasteiger partial charge in [0.1, 0.15) is 11.9 Å². The first-order valence-electron chi connectivity index (χ1n) is 11.8. The number of aromatic nitrogens is 7. The van der Waals surface area contributed by atoms with Crippen molar-refractivity contribution in [3.8, 4) is 33.8 Å². The number of nitrogens with one attached hydrogen (secondary N) is 3. The topological polar surface area (TPSA) is 128 Å². The van der Waals surface area contributed by atoms with Gasteiger partial charge in [0.05, 0.1) is 22.8 Å². The van der Waals surface area contributed by atoms with E-state index in [1.54, 1.807) is 36.1 Å². The van der Waals surface area contributed by atoms with Gasteiger partial charge >= 0.3 is 0 Å². The molecule has 9 nitrogen and oxygen atoms in total. The normalized spacial score (nSPS) is 12.4. The highest BCUT2D eigenvalue weighted by Gasteiger charge is 2.17. The summed E-state index contributed by atoms with van der Waals surface area (Å²) in [5, 5.41) is 25.8. The molecule has 0 bridgehead atoms. The van der Waals surface area contributed by atoms with E-state index in [0.717, 1.165) is 57.4 Å². The standard InChI is InChI=1S/C26H24N8OS/c1-2-3-4-21(35)30-18-9-16(11-27-13-18)17-10-20-23(33-34-24(20)29-12-17)26-31-22-19(15-6-8-36-14-15)5-7-28-25(22)32-26/h5-14,21,30,35H,2-4H2,1H3,(H,28,31,32)(H,29,33,34). The predicted octanol–water partition coefficient (Wildman–Crippen LogP) is 5.61.